The Hall–Kier alpha value is -2.94. The molecule has 6 nitrogen and oxygen atoms in total. The number of urea groups is 1. The molecule has 1 atom stereocenters. The molecular formula is C21H22ClF3N4O2. The standard InChI is InChI=1S/C21H22ClF3N4O2/c22-15-6-2-1-5-14(15)16(28-20(26)31)12-19(30)27-17-11-13(21(23,24)25)7-8-18(17)29-9-3-4-10-29/h1-2,5-8,11,16H,3-4,9-10,12H2,(H,27,30)(H3,26,28,31)/t16-/m0/s1. The molecule has 0 aromatic heterocycles. The number of carbonyl (C=O) groups excluding carboxylic acids is 2. The molecule has 1 aliphatic rings. The summed E-state index contributed by atoms with van der Waals surface area (Å²) in [7, 11) is 0. The average molecular weight is 455 g/mol. The van der Waals surface area contributed by atoms with Gasteiger partial charge in [-0.2, -0.15) is 13.2 Å². The fourth-order valence-corrected chi connectivity index (χ4v) is 3.87. The Kier molecular flexibility index (Phi) is 6.94. The molecule has 1 saturated heterocycles. The molecule has 1 aliphatic heterocycles. The van der Waals surface area contributed by atoms with Crippen molar-refractivity contribution in [2.75, 3.05) is 23.3 Å². The van der Waals surface area contributed by atoms with Crippen LogP contribution in [-0.4, -0.2) is 25.0 Å². The first kappa shape index (κ1) is 22.7. The number of nitrogens with two attached hydrogens (primary N) is 1. The Bertz CT molecular complexity index is 962. The normalized spacial score (nSPS) is 14.9. The third kappa shape index (κ3) is 5.81. The van der Waals surface area contributed by atoms with E-state index >= 15 is 0 Å². The van der Waals surface area contributed by atoms with Gasteiger partial charge < -0.3 is 21.3 Å². The van der Waals surface area contributed by atoms with Crippen LogP contribution in [-0.2, 0) is 11.0 Å². The van der Waals surface area contributed by atoms with Gasteiger partial charge in [-0.25, -0.2) is 4.79 Å². The van der Waals surface area contributed by atoms with E-state index in [1.165, 1.54) is 6.07 Å². The van der Waals surface area contributed by atoms with Gasteiger partial charge in [-0.05, 0) is 42.7 Å². The SMILES string of the molecule is NC(=O)N[C@@H](CC(=O)Nc1cc(C(F)(F)F)ccc1N1CCCC1)c1ccccc1Cl. The summed E-state index contributed by atoms with van der Waals surface area (Å²) >= 11 is 6.17. The predicted molar refractivity (Wildman–Crippen MR) is 113 cm³/mol. The van der Waals surface area contributed by atoms with E-state index in [4.69, 9.17) is 17.3 Å². The monoisotopic (exact) mass is 454 g/mol. The molecule has 0 radical (unpaired) electrons. The summed E-state index contributed by atoms with van der Waals surface area (Å²) in [5, 5.41) is 5.36. The number of primary amides is 1. The predicted octanol–water partition coefficient (Wildman–Crippen LogP) is 4.70. The lowest BCUT2D eigenvalue weighted by Crippen LogP contribution is -2.35. The van der Waals surface area contributed by atoms with Crippen LogP contribution in [0.3, 0.4) is 0 Å². The minimum absolute atomic E-state index is 0.0682. The smallest absolute Gasteiger partial charge is 0.370 e. The zero-order chi connectivity index (χ0) is 22.6. The Balaban J connectivity index is 1.86. The second kappa shape index (κ2) is 9.47. The van der Waals surface area contributed by atoms with E-state index in [9.17, 15) is 22.8 Å². The van der Waals surface area contributed by atoms with Crippen LogP contribution in [0.5, 0.6) is 0 Å². The van der Waals surface area contributed by atoms with Crippen molar-refractivity contribution in [1.29, 1.82) is 0 Å². The molecule has 0 spiro atoms. The van der Waals surface area contributed by atoms with E-state index in [0.29, 0.717) is 29.4 Å². The zero-order valence-corrected chi connectivity index (χ0v) is 17.3. The van der Waals surface area contributed by atoms with E-state index in [0.717, 1.165) is 25.0 Å². The maximum atomic E-state index is 13.2. The lowest BCUT2D eigenvalue weighted by molar-refractivity contribution is -0.137. The Morgan fingerprint density at radius 3 is 2.42 bits per heavy atom. The van der Waals surface area contributed by atoms with Crippen molar-refractivity contribution in [2.24, 2.45) is 5.73 Å². The van der Waals surface area contributed by atoms with Gasteiger partial charge in [0.2, 0.25) is 5.91 Å². The molecule has 4 N–H and O–H groups in total. The highest BCUT2D eigenvalue weighted by atomic mass is 35.5. The molecule has 2 aromatic carbocycles. The van der Waals surface area contributed by atoms with Crippen molar-refractivity contribution in [3.8, 4) is 0 Å². The van der Waals surface area contributed by atoms with Gasteiger partial charge in [0, 0.05) is 18.1 Å². The zero-order valence-electron chi connectivity index (χ0n) is 16.5. The molecule has 0 bridgehead atoms. The highest BCUT2D eigenvalue weighted by Crippen LogP contribution is 2.37. The molecule has 10 heteroatoms. The highest BCUT2D eigenvalue weighted by molar-refractivity contribution is 6.31. The summed E-state index contributed by atoms with van der Waals surface area (Å²) < 4.78 is 39.7. The first-order valence-corrected chi connectivity index (χ1v) is 10.1. The minimum Gasteiger partial charge on any atom is -0.370 e. The first-order chi connectivity index (χ1) is 14.6. The van der Waals surface area contributed by atoms with Gasteiger partial charge in [0.25, 0.3) is 0 Å². The van der Waals surface area contributed by atoms with Crippen LogP contribution in [0.2, 0.25) is 5.02 Å². The Morgan fingerprint density at radius 2 is 1.81 bits per heavy atom. The average Bonchev–Trinajstić information content (AvgIpc) is 3.21. The molecule has 3 amide bonds. The van der Waals surface area contributed by atoms with Crippen LogP contribution in [0.1, 0.15) is 36.4 Å². The third-order valence-electron chi connectivity index (χ3n) is 5.03. The summed E-state index contributed by atoms with van der Waals surface area (Å²) in [6.07, 6.45) is -2.96. The van der Waals surface area contributed by atoms with Gasteiger partial charge in [-0.15, -0.1) is 0 Å². The number of hydrogen-bond acceptors (Lipinski definition) is 3. The van der Waals surface area contributed by atoms with Gasteiger partial charge in [0.15, 0.2) is 0 Å². The summed E-state index contributed by atoms with van der Waals surface area (Å²) in [5.74, 6) is -0.585. The highest BCUT2D eigenvalue weighted by Gasteiger charge is 2.32. The summed E-state index contributed by atoms with van der Waals surface area (Å²) in [6, 6.07) is 8.23. The van der Waals surface area contributed by atoms with Gasteiger partial charge in [-0.1, -0.05) is 29.8 Å². The van der Waals surface area contributed by atoms with Crippen molar-refractivity contribution in [2.45, 2.75) is 31.5 Å². The largest absolute Gasteiger partial charge is 0.416 e. The maximum absolute atomic E-state index is 13.2. The van der Waals surface area contributed by atoms with Crippen molar-refractivity contribution in [1.82, 2.24) is 5.32 Å². The van der Waals surface area contributed by atoms with Crippen LogP contribution in [0, 0.1) is 0 Å². The molecule has 1 fully saturated rings. The lowest BCUT2D eigenvalue weighted by atomic mass is 10.0. The second-order valence-corrected chi connectivity index (χ2v) is 7.67. The van der Waals surface area contributed by atoms with E-state index in [1.807, 2.05) is 4.90 Å². The number of hydrogen-bond donors (Lipinski definition) is 3. The van der Waals surface area contributed by atoms with Crippen LogP contribution in [0.4, 0.5) is 29.3 Å². The summed E-state index contributed by atoms with van der Waals surface area (Å²) in [4.78, 5) is 26.1. The first-order valence-electron chi connectivity index (χ1n) is 9.71. The number of rotatable bonds is 6. The van der Waals surface area contributed by atoms with Crippen molar-refractivity contribution < 1.29 is 22.8 Å². The number of alkyl halides is 3. The van der Waals surface area contributed by atoms with Gasteiger partial charge >= 0.3 is 12.2 Å². The Morgan fingerprint density at radius 1 is 1.13 bits per heavy atom. The quantitative estimate of drug-likeness (QED) is 0.591. The minimum atomic E-state index is -4.54. The molecule has 0 unspecified atom stereocenters. The fourth-order valence-electron chi connectivity index (χ4n) is 3.60. The number of anilines is 2. The van der Waals surface area contributed by atoms with E-state index in [1.54, 1.807) is 24.3 Å². The molecule has 166 valence electrons. The number of carbonyl (C=O) groups is 2. The van der Waals surface area contributed by atoms with Gasteiger partial charge in [-0.3, -0.25) is 4.79 Å². The molecule has 0 saturated carbocycles. The second-order valence-electron chi connectivity index (χ2n) is 7.26. The van der Waals surface area contributed by atoms with Crippen LogP contribution in [0.25, 0.3) is 0 Å². The molecule has 3 rings (SSSR count). The van der Waals surface area contributed by atoms with Gasteiger partial charge in [0.1, 0.15) is 0 Å². The topological polar surface area (TPSA) is 87.5 Å². The summed E-state index contributed by atoms with van der Waals surface area (Å²) in [6.45, 7) is 1.39. The summed E-state index contributed by atoms with van der Waals surface area (Å²) in [5.41, 5.74) is 5.44. The van der Waals surface area contributed by atoms with E-state index in [-0.39, 0.29) is 12.1 Å². The molecule has 2 aromatic rings. The van der Waals surface area contributed by atoms with Crippen molar-refractivity contribution in [3.63, 3.8) is 0 Å². The number of nitrogens with one attached hydrogen (secondary N) is 2. The van der Waals surface area contributed by atoms with Crippen LogP contribution < -0.4 is 21.3 Å². The number of benzene rings is 2. The molecule has 0 aliphatic carbocycles. The van der Waals surface area contributed by atoms with Crippen LogP contribution in [0.15, 0.2) is 42.5 Å². The fraction of sp³-hybridized carbons (Fsp3) is 0.333. The third-order valence-corrected chi connectivity index (χ3v) is 5.38. The molecule has 31 heavy (non-hydrogen) atoms. The number of amides is 3. The van der Waals surface area contributed by atoms with E-state index in [2.05, 4.69) is 10.6 Å². The Labute approximate surface area is 182 Å². The number of nitrogens with zero attached hydrogens (tertiary/aromatic N) is 1. The van der Waals surface area contributed by atoms with E-state index < -0.39 is 29.7 Å². The molecule has 1 heterocycles. The van der Waals surface area contributed by atoms with Crippen molar-refractivity contribution >= 4 is 34.9 Å². The van der Waals surface area contributed by atoms with Crippen LogP contribution >= 0.6 is 11.6 Å². The number of halogens is 4. The molecular weight excluding hydrogens is 433 g/mol. The lowest BCUT2D eigenvalue weighted by Gasteiger charge is -2.24. The maximum Gasteiger partial charge on any atom is 0.416 e. The van der Waals surface area contributed by atoms with Gasteiger partial charge in [0.05, 0.1) is 29.4 Å². The van der Waals surface area contributed by atoms with Crippen molar-refractivity contribution in [3.05, 3.63) is 58.6 Å².